The van der Waals surface area contributed by atoms with Crippen LogP contribution in [0.25, 0.3) is 23.1 Å². The third-order valence-corrected chi connectivity index (χ3v) is 5.31. The maximum atomic E-state index is 13.9. The summed E-state index contributed by atoms with van der Waals surface area (Å²) < 4.78 is 32.6. The number of ether oxygens (including phenoxy) is 1. The van der Waals surface area contributed by atoms with Gasteiger partial charge in [-0.05, 0) is 58.8 Å². The third kappa shape index (κ3) is 3.95. The monoisotopic (exact) mass is 425 g/mol. The number of carbonyl (C=O) groups is 1. The highest BCUT2D eigenvalue weighted by Gasteiger charge is 2.19. The molecule has 0 saturated carbocycles. The molecular weight excluding hydrogens is 408 g/mol. The Morgan fingerprint density at radius 1 is 1.23 bits per heavy atom. The van der Waals surface area contributed by atoms with Crippen molar-refractivity contribution in [1.29, 1.82) is 0 Å². The number of amides is 1. The number of H-pyrrole nitrogens is 1. The number of aromatic amines is 1. The molecule has 0 bridgehead atoms. The number of methoxy groups -OCH3 is 1. The van der Waals surface area contributed by atoms with Crippen molar-refractivity contribution in [3.05, 3.63) is 81.2 Å². The van der Waals surface area contributed by atoms with Gasteiger partial charge in [-0.15, -0.1) is 0 Å². The molecule has 2 N–H and O–H groups in total. The molecule has 0 aliphatic carbocycles. The van der Waals surface area contributed by atoms with Crippen LogP contribution in [0.3, 0.4) is 0 Å². The highest BCUT2D eigenvalue weighted by molar-refractivity contribution is 7.07. The fourth-order valence-corrected chi connectivity index (χ4v) is 3.76. The Bertz CT molecular complexity index is 1230. The van der Waals surface area contributed by atoms with Crippen molar-refractivity contribution in [2.75, 3.05) is 7.11 Å². The number of hydrogen-bond donors (Lipinski definition) is 2. The summed E-state index contributed by atoms with van der Waals surface area (Å²) in [5, 5.41) is 14.5. The zero-order chi connectivity index (χ0) is 21.1. The van der Waals surface area contributed by atoms with Gasteiger partial charge in [0.15, 0.2) is 0 Å². The molecule has 0 spiro atoms. The van der Waals surface area contributed by atoms with Crippen molar-refractivity contribution in [2.45, 2.75) is 6.54 Å². The first-order valence-electron chi connectivity index (χ1n) is 9.04. The summed E-state index contributed by atoms with van der Waals surface area (Å²) in [5.41, 5.74) is 2.74. The van der Waals surface area contributed by atoms with E-state index in [-0.39, 0.29) is 11.5 Å². The third-order valence-electron chi connectivity index (χ3n) is 4.58. The fraction of sp³-hybridized carbons (Fsp3) is 0.0909. The Morgan fingerprint density at radius 2 is 2.10 bits per heavy atom. The Hall–Kier alpha value is -3.52. The number of thiophene rings is 1. The quantitative estimate of drug-likeness (QED) is 0.456. The number of nitrogens with one attached hydrogen (secondary N) is 2. The van der Waals surface area contributed by atoms with Gasteiger partial charge in [0, 0.05) is 18.2 Å². The highest BCUT2D eigenvalue weighted by atomic mass is 32.1. The number of hydrogen-bond acceptors (Lipinski definition) is 4. The highest BCUT2D eigenvalue weighted by Crippen LogP contribution is 2.32. The Labute approximate surface area is 175 Å². The van der Waals surface area contributed by atoms with Crippen molar-refractivity contribution in [1.82, 2.24) is 15.5 Å². The molecule has 4 aromatic rings. The van der Waals surface area contributed by atoms with Crippen molar-refractivity contribution >= 4 is 40.3 Å². The van der Waals surface area contributed by atoms with E-state index in [1.54, 1.807) is 29.5 Å². The lowest BCUT2D eigenvalue weighted by Gasteiger charge is -2.10. The summed E-state index contributed by atoms with van der Waals surface area (Å²) in [5.74, 6) is -1.23. The van der Waals surface area contributed by atoms with Gasteiger partial charge in [-0.1, -0.05) is 0 Å². The van der Waals surface area contributed by atoms with E-state index in [4.69, 9.17) is 4.74 Å². The van der Waals surface area contributed by atoms with Crippen LogP contribution in [-0.2, 0) is 6.54 Å². The van der Waals surface area contributed by atoms with Crippen LogP contribution in [0.1, 0.15) is 27.2 Å². The summed E-state index contributed by atoms with van der Waals surface area (Å²) >= 11 is 1.56. The van der Waals surface area contributed by atoms with Crippen molar-refractivity contribution in [2.24, 2.45) is 0 Å². The molecule has 0 saturated heterocycles. The molecule has 0 aliphatic heterocycles. The molecule has 0 atom stereocenters. The Kier molecular flexibility index (Phi) is 5.58. The van der Waals surface area contributed by atoms with Crippen LogP contribution in [-0.4, -0.2) is 23.2 Å². The SMILES string of the molecule is COc1c(C(=O)NCc2ccsc2)ccc2[nH]nc(/C=C/c3ccc(F)cc3F)c12. The molecule has 2 aromatic heterocycles. The molecule has 152 valence electrons. The van der Waals surface area contributed by atoms with Crippen molar-refractivity contribution in [3.8, 4) is 5.75 Å². The van der Waals surface area contributed by atoms with Crippen LogP contribution in [0.5, 0.6) is 5.75 Å². The van der Waals surface area contributed by atoms with E-state index in [0.29, 0.717) is 34.5 Å². The summed E-state index contributed by atoms with van der Waals surface area (Å²) in [6.45, 7) is 0.408. The smallest absolute Gasteiger partial charge is 0.255 e. The van der Waals surface area contributed by atoms with Gasteiger partial charge in [-0.2, -0.15) is 16.4 Å². The molecule has 0 unspecified atom stereocenters. The van der Waals surface area contributed by atoms with Gasteiger partial charge in [0.25, 0.3) is 5.91 Å². The molecule has 0 aliphatic rings. The molecule has 2 aromatic carbocycles. The van der Waals surface area contributed by atoms with Crippen LogP contribution < -0.4 is 10.1 Å². The maximum Gasteiger partial charge on any atom is 0.255 e. The number of rotatable bonds is 6. The maximum absolute atomic E-state index is 13.9. The standard InChI is InChI=1S/C22H17F2N3O2S/c1-29-21-16(22(28)25-11-13-8-9-30-12-13)5-7-19-20(21)18(26-27-19)6-3-14-2-4-15(23)10-17(14)24/h2-10,12H,11H2,1H3,(H,25,28)(H,26,27)/b6-3+. The molecule has 4 rings (SSSR count). The van der Waals surface area contributed by atoms with Gasteiger partial charge in [0.05, 0.1) is 29.3 Å². The number of fused-ring (bicyclic) bond motifs is 1. The molecule has 2 heterocycles. The molecule has 0 radical (unpaired) electrons. The molecule has 8 heteroatoms. The minimum Gasteiger partial charge on any atom is -0.495 e. The second-order valence-corrected chi connectivity index (χ2v) is 7.27. The van der Waals surface area contributed by atoms with Gasteiger partial charge in [-0.3, -0.25) is 9.89 Å². The van der Waals surface area contributed by atoms with E-state index in [1.807, 2.05) is 16.8 Å². The zero-order valence-corrected chi connectivity index (χ0v) is 16.7. The minimum atomic E-state index is -0.674. The summed E-state index contributed by atoms with van der Waals surface area (Å²) in [7, 11) is 1.48. The van der Waals surface area contributed by atoms with Gasteiger partial charge in [0.1, 0.15) is 17.4 Å². The topological polar surface area (TPSA) is 67.0 Å². The van der Waals surface area contributed by atoms with Gasteiger partial charge >= 0.3 is 0 Å². The number of carbonyl (C=O) groups excluding carboxylic acids is 1. The van der Waals surface area contributed by atoms with E-state index in [0.717, 1.165) is 11.6 Å². The van der Waals surface area contributed by atoms with Gasteiger partial charge in [0.2, 0.25) is 0 Å². The first-order chi connectivity index (χ1) is 14.6. The molecular formula is C22H17F2N3O2S. The summed E-state index contributed by atoms with van der Waals surface area (Å²) in [6.07, 6.45) is 3.08. The van der Waals surface area contributed by atoms with Crippen molar-refractivity contribution < 1.29 is 18.3 Å². The zero-order valence-electron chi connectivity index (χ0n) is 15.9. The largest absolute Gasteiger partial charge is 0.495 e. The predicted octanol–water partition coefficient (Wildman–Crippen LogP) is 5.01. The van der Waals surface area contributed by atoms with Crippen molar-refractivity contribution in [3.63, 3.8) is 0 Å². The Balaban J connectivity index is 1.67. The number of nitrogens with zero attached hydrogens (tertiary/aromatic N) is 1. The fourth-order valence-electron chi connectivity index (χ4n) is 3.09. The van der Waals surface area contributed by atoms with Crippen LogP contribution >= 0.6 is 11.3 Å². The van der Waals surface area contributed by atoms with E-state index in [9.17, 15) is 13.6 Å². The summed E-state index contributed by atoms with van der Waals surface area (Å²) in [4.78, 5) is 12.7. The van der Waals surface area contributed by atoms with Gasteiger partial charge in [-0.25, -0.2) is 8.78 Å². The van der Waals surface area contributed by atoms with Crippen LogP contribution in [0.4, 0.5) is 8.78 Å². The van der Waals surface area contributed by atoms with E-state index >= 15 is 0 Å². The van der Waals surface area contributed by atoms with Crippen LogP contribution in [0.2, 0.25) is 0 Å². The second kappa shape index (κ2) is 8.46. The molecule has 1 amide bonds. The van der Waals surface area contributed by atoms with Crippen LogP contribution in [0.15, 0.2) is 47.2 Å². The predicted molar refractivity (Wildman–Crippen MR) is 113 cm³/mol. The molecule has 5 nitrogen and oxygen atoms in total. The van der Waals surface area contributed by atoms with E-state index < -0.39 is 11.6 Å². The number of benzene rings is 2. The average Bonchev–Trinajstić information content (AvgIpc) is 3.40. The molecule has 30 heavy (non-hydrogen) atoms. The lowest BCUT2D eigenvalue weighted by Crippen LogP contribution is -2.23. The van der Waals surface area contributed by atoms with E-state index in [2.05, 4.69) is 15.5 Å². The first-order valence-corrected chi connectivity index (χ1v) is 9.98. The lowest BCUT2D eigenvalue weighted by molar-refractivity contribution is 0.0948. The first kappa shape index (κ1) is 19.8. The normalized spacial score (nSPS) is 11.3. The summed E-state index contributed by atoms with van der Waals surface area (Å²) in [6, 6.07) is 8.69. The van der Waals surface area contributed by atoms with E-state index in [1.165, 1.54) is 25.3 Å². The lowest BCUT2D eigenvalue weighted by atomic mass is 10.1. The number of halogens is 2. The average molecular weight is 425 g/mol. The minimum absolute atomic E-state index is 0.219. The second-order valence-electron chi connectivity index (χ2n) is 6.49. The Morgan fingerprint density at radius 3 is 2.83 bits per heavy atom. The van der Waals surface area contributed by atoms with Gasteiger partial charge < -0.3 is 10.1 Å². The number of aromatic nitrogens is 2. The van der Waals surface area contributed by atoms with Crippen LogP contribution in [0, 0.1) is 11.6 Å². The molecule has 0 fully saturated rings.